The lowest BCUT2D eigenvalue weighted by molar-refractivity contribution is -0.137. The first-order valence-corrected chi connectivity index (χ1v) is 15.6. The number of nitrogens with one attached hydrogen (secondary N) is 2. The molecule has 0 saturated heterocycles. The van der Waals surface area contributed by atoms with E-state index in [1.807, 2.05) is 25.1 Å². The second-order valence-corrected chi connectivity index (χ2v) is 11.9. The summed E-state index contributed by atoms with van der Waals surface area (Å²) in [7, 11) is 3.73. The Morgan fingerprint density at radius 2 is 1.71 bits per heavy atom. The number of aromatic nitrogens is 2. The fourth-order valence-electron chi connectivity index (χ4n) is 5.89. The molecule has 2 heterocycles. The van der Waals surface area contributed by atoms with Crippen LogP contribution in [0.5, 0.6) is 0 Å². The van der Waals surface area contributed by atoms with Crippen LogP contribution >= 0.6 is 0 Å². The lowest BCUT2D eigenvalue weighted by atomic mass is 9.80. The summed E-state index contributed by atoms with van der Waals surface area (Å²) in [5, 5.41) is 10.6. The molecule has 0 spiro atoms. The summed E-state index contributed by atoms with van der Waals surface area (Å²) in [5.74, 6) is -2.95. The molecule has 49 heavy (non-hydrogen) atoms. The van der Waals surface area contributed by atoms with Crippen LogP contribution in [0.2, 0.25) is 0 Å². The first-order chi connectivity index (χ1) is 23.3. The van der Waals surface area contributed by atoms with Gasteiger partial charge in [0.05, 0.1) is 23.0 Å². The van der Waals surface area contributed by atoms with E-state index < -0.39 is 47.4 Å². The highest BCUT2D eigenvalue weighted by atomic mass is 19.4. The number of rotatable bonds is 10. The average molecular weight is 677 g/mol. The highest BCUT2D eigenvalue weighted by Gasteiger charge is 2.47. The normalized spacial score (nSPS) is 16.9. The number of hydrogen-bond donors (Lipinski definition) is 2. The summed E-state index contributed by atoms with van der Waals surface area (Å²) in [4.78, 5) is 44.3. The zero-order chi connectivity index (χ0) is 35.5. The van der Waals surface area contributed by atoms with Gasteiger partial charge in [0, 0.05) is 36.2 Å². The third-order valence-corrected chi connectivity index (χ3v) is 8.15. The minimum absolute atomic E-state index is 0.143. The first-order valence-electron chi connectivity index (χ1n) is 15.6. The van der Waals surface area contributed by atoms with E-state index in [0.29, 0.717) is 34.9 Å². The molecule has 0 bridgehead atoms. The number of alkyl halides is 3. The molecule has 0 fully saturated rings. The number of benzene rings is 3. The molecule has 1 aliphatic heterocycles. The smallest absolute Gasteiger partial charge is 0.344 e. The molecule has 2 N–H and O–H groups in total. The van der Waals surface area contributed by atoms with Crippen molar-refractivity contribution >= 4 is 23.5 Å². The predicted octanol–water partition coefficient (Wildman–Crippen LogP) is 5.62. The Balaban J connectivity index is 1.68. The molecule has 256 valence electrons. The molecule has 3 aromatic carbocycles. The molecule has 0 aliphatic carbocycles. The molecule has 5 rings (SSSR count). The van der Waals surface area contributed by atoms with Crippen molar-refractivity contribution in [3.8, 4) is 5.69 Å². The number of nitrogens with zero attached hydrogens (tertiary/aromatic N) is 4. The SMILES string of the molecule is CCN1C(=O)[C@@H](NC(=O)c2cccc(C(F)(F)F)c2)[C@@H](c2ccc(F)cc2)c2c([C@@H](C)NC(=O)/C=C/CN(C)C)nn(-c3ccccc3)c21. The maximum absolute atomic E-state index is 14.4. The molecule has 9 nitrogen and oxygen atoms in total. The lowest BCUT2D eigenvalue weighted by Crippen LogP contribution is -2.55. The van der Waals surface area contributed by atoms with E-state index in [1.54, 1.807) is 48.9 Å². The van der Waals surface area contributed by atoms with Gasteiger partial charge in [-0.3, -0.25) is 19.3 Å². The number of halogens is 4. The van der Waals surface area contributed by atoms with Gasteiger partial charge in [-0.05, 0) is 76.0 Å². The van der Waals surface area contributed by atoms with Crippen LogP contribution in [0.25, 0.3) is 5.69 Å². The number of carbonyl (C=O) groups is 3. The third kappa shape index (κ3) is 7.56. The van der Waals surface area contributed by atoms with E-state index in [4.69, 9.17) is 5.10 Å². The molecular weight excluding hydrogens is 640 g/mol. The molecule has 1 aliphatic rings. The standard InChI is InChI=1S/C36H36F4N6O3/c1-5-45-34-30(31(43-46(34)27-13-7-6-8-14-27)22(2)41-28(47)15-10-20-44(3)4)29(23-16-18-26(37)19-17-23)32(35(45)49)42-33(48)24-11-9-12-25(21-24)36(38,39)40/h6-19,21-22,29,32H,5,20H2,1-4H3,(H,41,47)(H,42,48)/b15-10+/t22-,29+,32+/m1/s1. The Morgan fingerprint density at radius 3 is 2.35 bits per heavy atom. The summed E-state index contributed by atoms with van der Waals surface area (Å²) >= 11 is 0. The minimum atomic E-state index is -4.69. The van der Waals surface area contributed by atoms with Crippen LogP contribution in [0.4, 0.5) is 23.4 Å². The van der Waals surface area contributed by atoms with Crippen LogP contribution < -0.4 is 15.5 Å². The Labute approximate surface area is 281 Å². The number of fused-ring (bicyclic) bond motifs is 1. The van der Waals surface area contributed by atoms with E-state index in [2.05, 4.69) is 10.6 Å². The second kappa shape index (κ2) is 14.4. The Bertz CT molecular complexity index is 1850. The Hall–Kier alpha value is -5.30. The van der Waals surface area contributed by atoms with Crippen molar-refractivity contribution in [2.45, 2.75) is 38.0 Å². The van der Waals surface area contributed by atoms with Gasteiger partial charge in [0.2, 0.25) is 5.91 Å². The van der Waals surface area contributed by atoms with Gasteiger partial charge < -0.3 is 15.5 Å². The average Bonchev–Trinajstić information content (AvgIpc) is 3.46. The summed E-state index contributed by atoms with van der Waals surface area (Å²) in [6, 6.07) is 16.3. The zero-order valence-corrected chi connectivity index (χ0v) is 27.3. The number of carbonyl (C=O) groups excluding carboxylic acids is 3. The molecule has 13 heteroatoms. The van der Waals surface area contributed by atoms with Crippen molar-refractivity contribution in [1.29, 1.82) is 0 Å². The van der Waals surface area contributed by atoms with Crippen LogP contribution in [0.1, 0.15) is 58.5 Å². The Kier molecular flexibility index (Phi) is 10.3. The van der Waals surface area contributed by atoms with Crippen LogP contribution in [-0.4, -0.2) is 65.6 Å². The highest BCUT2D eigenvalue weighted by molar-refractivity contribution is 6.05. The van der Waals surface area contributed by atoms with Gasteiger partial charge in [-0.25, -0.2) is 9.07 Å². The summed E-state index contributed by atoms with van der Waals surface area (Å²) < 4.78 is 56.4. The maximum Gasteiger partial charge on any atom is 0.416 e. The lowest BCUT2D eigenvalue weighted by Gasteiger charge is -2.39. The Morgan fingerprint density at radius 1 is 1.02 bits per heavy atom. The zero-order valence-electron chi connectivity index (χ0n) is 27.3. The predicted molar refractivity (Wildman–Crippen MR) is 177 cm³/mol. The van der Waals surface area contributed by atoms with Crippen LogP contribution in [0.3, 0.4) is 0 Å². The van der Waals surface area contributed by atoms with E-state index in [9.17, 15) is 31.9 Å². The fraction of sp³-hybridized carbons (Fsp3) is 0.278. The van der Waals surface area contributed by atoms with E-state index in [-0.39, 0.29) is 18.0 Å². The molecule has 0 saturated carbocycles. The summed E-state index contributed by atoms with van der Waals surface area (Å²) in [6.45, 7) is 4.16. The van der Waals surface area contributed by atoms with Crippen LogP contribution in [0, 0.1) is 5.82 Å². The quantitative estimate of drug-likeness (QED) is 0.168. The molecular formula is C36H36F4N6O3. The number of anilines is 1. The van der Waals surface area contributed by atoms with Gasteiger partial charge in [0.15, 0.2) is 0 Å². The molecule has 3 atom stereocenters. The number of hydrogen-bond acceptors (Lipinski definition) is 5. The van der Waals surface area contributed by atoms with Gasteiger partial charge in [-0.15, -0.1) is 0 Å². The third-order valence-electron chi connectivity index (χ3n) is 8.15. The van der Waals surface area contributed by atoms with Gasteiger partial charge in [0.25, 0.3) is 11.8 Å². The largest absolute Gasteiger partial charge is 0.416 e. The molecule has 0 radical (unpaired) electrons. The highest BCUT2D eigenvalue weighted by Crippen LogP contribution is 2.45. The second-order valence-electron chi connectivity index (χ2n) is 11.9. The van der Waals surface area contributed by atoms with Gasteiger partial charge in [-0.1, -0.05) is 42.5 Å². The molecule has 4 aromatic rings. The van der Waals surface area contributed by atoms with Crippen molar-refractivity contribution in [2.24, 2.45) is 0 Å². The topological polar surface area (TPSA) is 99.6 Å². The molecule has 0 unspecified atom stereocenters. The summed E-state index contributed by atoms with van der Waals surface area (Å²) in [5.41, 5.74) is 0.616. The number of amides is 3. The molecule has 1 aromatic heterocycles. The van der Waals surface area contributed by atoms with Crippen LogP contribution in [0.15, 0.2) is 91.0 Å². The van der Waals surface area contributed by atoms with Crippen molar-refractivity contribution in [3.05, 3.63) is 125 Å². The van der Waals surface area contributed by atoms with E-state index in [0.717, 1.165) is 18.2 Å². The monoisotopic (exact) mass is 676 g/mol. The first kappa shape index (κ1) is 35.0. The molecule has 3 amide bonds. The van der Waals surface area contributed by atoms with Crippen LogP contribution in [-0.2, 0) is 15.8 Å². The van der Waals surface area contributed by atoms with Crippen molar-refractivity contribution < 1.29 is 31.9 Å². The van der Waals surface area contributed by atoms with E-state index in [1.165, 1.54) is 41.3 Å². The summed E-state index contributed by atoms with van der Waals surface area (Å²) in [6.07, 6.45) is -1.57. The number of likely N-dealkylation sites (N-methyl/N-ethyl adjacent to an activating group) is 2. The van der Waals surface area contributed by atoms with E-state index >= 15 is 0 Å². The fourth-order valence-corrected chi connectivity index (χ4v) is 5.89. The minimum Gasteiger partial charge on any atom is -0.344 e. The van der Waals surface area contributed by atoms with Crippen molar-refractivity contribution in [1.82, 2.24) is 25.3 Å². The van der Waals surface area contributed by atoms with Gasteiger partial charge >= 0.3 is 6.18 Å². The van der Waals surface area contributed by atoms with Gasteiger partial charge in [-0.2, -0.15) is 18.3 Å². The van der Waals surface area contributed by atoms with Crippen molar-refractivity contribution in [3.63, 3.8) is 0 Å². The maximum atomic E-state index is 14.4. The van der Waals surface area contributed by atoms with Gasteiger partial charge in [0.1, 0.15) is 17.7 Å². The number of para-hydroxylation sites is 1. The van der Waals surface area contributed by atoms with Crippen molar-refractivity contribution in [2.75, 3.05) is 32.1 Å².